The Labute approximate surface area is 117 Å². The fourth-order valence-corrected chi connectivity index (χ4v) is 3.07. The Hall–Kier alpha value is -0.800. The highest BCUT2D eigenvalue weighted by Crippen LogP contribution is 2.36. The molecule has 1 aromatic rings. The number of aryl methyl sites for hydroxylation is 1. The molecule has 0 aromatic carbocycles. The van der Waals surface area contributed by atoms with E-state index in [1.54, 1.807) is 0 Å². The maximum atomic E-state index is 5.80. The quantitative estimate of drug-likeness (QED) is 0.905. The number of hydrogen-bond donors (Lipinski definition) is 1. The fraction of sp³-hybridized carbons (Fsp3) is 0.750. The lowest BCUT2D eigenvalue weighted by Gasteiger charge is -2.38. The molecule has 3 nitrogen and oxygen atoms in total. The Morgan fingerprint density at radius 2 is 2.00 bits per heavy atom. The minimum Gasteiger partial charge on any atom is -0.463 e. The lowest BCUT2D eigenvalue weighted by molar-refractivity contribution is 0.117. The third kappa shape index (κ3) is 3.61. The average Bonchev–Trinajstić information content (AvgIpc) is 2.69. The molecule has 1 aliphatic carbocycles. The topological polar surface area (TPSA) is 42.4 Å². The van der Waals surface area contributed by atoms with E-state index >= 15 is 0 Å². The predicted octanol–water partition coefficient (Wildman–Crippen LogP) is 3.45. The van der Waals surface area contributed by atoms with Gasteiger partial charge in [-0.25, -0.2) is 0 Å². The van der Waals surface area contributed by atoms with Crippen LogP contribution in [0.15, 0.2) is 10.5 Å². The van der Waals surface area contributed by atoms with Crippen LogP contribution in [0.2, 0.25) is 0 Å². The van der Waals surface area contributed by atoms with Crippen LogP contribution in [0.1, 0.15) is 56.6 Å². The summed E-state index contributed by atoms with van der Waals surface area (Å²) in [5.41, 5.74) is 7.37. The normalized spacial score (nSPS) is 20.1. The molecule has 1 saturated carbocycles. The first-order valence-corrected chi connectivity index (χ1v) is 7.40. The summed E-state index contributed by atoms with van der Waals surface area (Å²) in [6.07, 6.45) is 5.25. The summed E-state index contributed by atoms with van der Waals surface area (Å²) in [6, 6.07) is 2.82. The third-order valence-electron chi connectivity index (χ3n) is 4.59. The molecule has 0 unspecified atom stereocenters. The third-order valence-corrected chi connectivity index (χ3v) is 4.59. The standard InChI is InChI=1S/C16H28N2O/c1-12-9-14(19-15(12)10-17)11-18(4)13-5-7-16(2,3)8-6-13/h9,13H,5-8,10-11,17H2,1-4H3. The van der Waals surface area contributed by atoms with Crippen molar-refractivity contribution in [3.05, 3.63) is 23.2 Å². The monoisotopic (exact) mass is 264 g/mol. The number of nitrogens with zero attached hydrogens (tertiary/aromatic N) is 1. The molecule has 0 spiro atoms. The van der Waals surface area contributed by atoms with Crippen LogP contribution in [0.3, 0.4) is 0 Å². The van der Waals surface area contributed by atoms with E-state index in [0.29, 0.717) is 18.0 Å². The molecule has 2 rings (SSSR count). The smallest absolute Gasteiger partial charge is 0.120 e. The Kier molecular flexibility index (Phi) is 4.36. The molecule has 0 bridgehead atoms. The molecule has 0 atom stereocenters. The number of furan rings is 1. The molecule has 108 valence electrons. The zero-order chi connectivity index (χ0) is 14.0. The van der Waals surface area contributed by atoms with E-state index in [4.69, 9.17) is 10.2 Å². The van der Waals surface area contributed by atoms with Gasteiger partial charge in [-0.15, -0.1) is 0 Å². The Morgan fingerprint density at radius 1 is 1.37 bits per heavy atom. The minimum absolute atomic E-state index is 0.493. The van der Waals surface area contributed by atoms with E-state index in [1.807, 2.05) is 0 Å². The van der Waals surface area contributed by atoms with Gasteiger partial charge in [0.25, 0.3) is 0 Å². The second-order valence-corrected chi connectivity index (χ2v) is 6.83. The predicted molar refractivity (Wildman–Crippen MR) is 78.8 cm³/mol. The molecule has 1 aliphatic rings. The molecule has 1 aromatic heterocycles. The van der Waals surface area contributed by atoms with Crippen molar-refractivity contribution in [2.24, 2.45) is 11.1 Å². The van der Waals surface area contributed by atoms with Crippen molar-refractivity contribution < 1.29 is 4.42 Å². The van der Waals surface area contributed by atoms with E-state index in [2.05, 4.69) is 38.8 Å². The molecule has 1 heterocycles. The molecular weight excluding hydrogens is 236 g/mol. The Morgan fingerprint density at radius 3 is 2.53 bits per heavy atom. The lowest BCUT2D eigenvalue weighted by atomic mass is 9.75. The molecule has 2 N–H and O–H groups in total. The van der Waals surface area contributed by atoms with Crippen molar-refractivity contribution in [1.29, 1.82) is 0 Å². The second kappa shape index (κ2) is 5.68. The van der Waals surface area contributed by atoms with Gasteiger partial charge >= 0.3 is 0 Å². The van der Waals surface area contributed by atoms with Crippen molar-refractivity contribution in [3.63, 3.8) is 0 Å². The summed E-state index contributed by atoms with van der Waals surface area (Å²) in [4.78, 5) is 2.44. The van der Waals surface area contributed by atoms with Crippen LogP contribution in [0.5, 0.6) is 0 Å². The van der Waals surface area contributed by atoms with Crippen LogP contribution >= 0.6 is 0 Å². The molecule has 0 aliphatic heterocycles. The largest absolute Gasteiger partial charge is 0.463 e. The molecule has 0 amide bonds. The molecule has 19 heavy (non-hydrogen) atoms. The first kappa shape index (κ1) is 14.6. The highest BCUT2D eigenvalue weighted by atomic mass is 16.3. The summed E-state index contributed by atoms with van der Waals surface area (Å²) in [5.74, 6) is 1.97. The minimum atomic E-state index is 0.493. The van der Waals surface area contributed by atoms with Gasteiger partial charge in [-0.3, -0.25) is 4.90 Å². The van der Waals surface area contributed by atoms with Crippen LogP contribution in [0, 0.1) is 12.3 Å². The SMILES string of the molecule is Cc1cc(CN(C)C2CCC(C)(C)CC2)oc1CN. The summed E-state index contributed by atoms with van der Waals surface area (Å²) in [5, 5.41) is 0. The van der Waals surface area contributed by atoms with Gasteiger partial charge in [0.15, 0.2) is 0 Å². The molecule has 1 fully saturated rings. The molecule has 3 heteroatoms. The van der Waals surface area contributed by atoms with Crippen molar-refractivity contribution in [2.75, 3.05) is 7.05 Å². The number of rotatable bonds is 4. The van der Waals surface area contributed by atoms with Gasteiger partial charge < -0.3 is 10.2 Å². The van der Waals surface area contributed by atoms with Crippen molar-refractivity contribution in [1.82, 2.24) is 4.90 Å². The summed E-state index contributed by atoms with van der Waals surface area (Å²) < 4.78 is 5.80. The van der Waals surface area contributed by atoms with Gasteiger partial charge in [0.2, 0.25) is 0 Å². The van der Waals surface area contributed by atoms with Gasteiger partial charge in [-0.1, -0.05) is 13.8 Å². The van der Waals surface area contributed by atoms with Gasteiger partial charge in [-0.05, 0) is 56.7 Å². The second-order valence-electron chi connectivity index (χ2n) is 6.83. The highest BCUT2D eigenvalue weighted by Gasteiger charge is 2.29. The zero-order valence-electron chi connectivity index (χ0n) is 12.8. The Bertz CT molecular complexity index is 412. The van der Waals surface area contributed by atoms with Crippen LogP contribution in [-0.4, -0.2) is 18.0 Å². The van der Waals surface area contributed by atoms with Crippen LogP contribution in [0.25, 0.3) is 0 Å². The molecule has 0 saturated heterocycles. The molecular formula is C16H28N2O. The summed E-state index contributed by atoms with van der Waals surface area (Å²) in [7, 11) is 2.21. The van der Waals surface area contributed by atoms with Gasteiger partial charge in [-0.2, -0.15) is 0 Å². The fourth-order valence-electron chi connectivity index (χ4n) is 3.07. The summed E-state index contributed by atoms with van der Waals surface area (Å²) in [6.45, 7) is 8.22. The van der Waals surface area contributed by atoms with Crippen LogP contribution < -0.4 is 5.73 Å². The van der Waals surface area contributed by atoms with E-state index in [0.717, 1.165) is 18.1 Å². The van der Waals surface area contributed by atoms with Gasteiger partial charge in [0.1, 0.15) is 11.5 Å². The first-order chi connectivity index (χ1) is 8.91. The van der Waals surface area contributed by atoms with Crippen LogP contribution in [0.4, 0.5) is 0 Å². The van der Waals surface area contributed by atoms with Crippen molar-refractivity contribution >= 4 is 0 Å². The van der Waals surface area contributed by atoms with Gasteiger partial charge in [0.05, 0.1) is 13.1 Å². The average molecular weight is 264 g/mol. The first-order valence-electron chi connectivity index (χ1n) is 7.40. The zero-order valence-corrected chi connectivity index (χ0v) is 12.8. The lowest BCUT2D eigenvalue weighted by Crippen LogP contribution is -2.36. The van der Waals surface area contributed by atoms with E-state index in [-0.39, 0.29) is 0 Å². The Balaban J connectivity index is 1.92. The van der Waals surface area contributed by atoms with Crippen molar-refractivity contribution in [3.8, 4) is 0 Å². The van der Waals surface area contributed by atoms with E-state index in [9.17, 15) is 0 Å². The van der Waals surface area contributed by atoms with Gasteiger partial charge in [0, 0.05) is 6.04 Å². The van der Waals surface area contributed by atoms with E-state index in [1.165, 1.54) is 31.2 Å². The maximum absolute atomic E-state index is 5.80. The molecule has 0 radical (unpaired) electrons. The van der Waals surface area contributed by atoms with Crippen molar-refractivity contribution in [2.45, 2.75) is 65.6 Å². The maximum Gasteiger partial charge on any atom is 0.120 e. The van der Waals surface area contributed by atoms with Crippen LogP contribution in [-0.2, 0) is 13.1 Å². The highest BCUT2D eigenvalue weighted by molar-refractivity contribution is 5.19. The number of hydrogen-bond acceptors (Lipinski definition) is 3. The number of nitrogens with two attached hydrogens (primary N) is 1. The van der Waals surface area contributed by atoms with E-state index < -0.39 is 0 Å². The summed E-state index contributed by atoms with van der Waals surface area (Å²) >= 11 is 0.